The number of hydrogen-bond donors (Lipinski definition) is 3. The summed E-state index contributed by atoms with van der Waals surface area (Å²) < 4.78 is 13.8. The number of halogens is 1. The standard InChI is InChI=1S/C18H22FN3O2/c19-13-3-1-4-14-12(13)9-16(20-14)18(24)21-15-5-2-6-17(15)22-8-7-11(23)10-22/h1,3-4,9,11,15,17,20,23H,2,5-8,10H2,(H,21,24)/t11?,15-,17+/m1/s1. The zero-order chi connectivity index (χ0) is 16.7. The number of carbonyl (C=O) groups excluding carboxylic acids is 1. The largest absolute Gasteiger partial charge is 0.392 e. The summed E-state index contributed by atoms with van der Waals surface area (Å²) in [5, 5.41) is 13.3. The monoisotopic (exact) mass is 331 g/mol. The van der Waals surface area contributed by atoms with E-state index in [0.29, 0.717) is 23.1 Å². The third kappa shape index (κ3) is 2.80. The number of hydrogen-bond acceptors (Lipinski definition) is 3. The Morgan fingerprint density at radius 3 is 2.96 bits per heavy atom. The van der Waals surface area contributed by atoms with Crippen molar-refractivity contribution >= 4 is 16.8 Å². The van der Waals surface area contributed by atoms with Gasteiger partial charge in [-0.15, -0.1) is 0 Å². The van der Waals surface area contributed by atoms with Crippen LogP contribution in [0.15, 0.2) is 24.3 Å². The molecule has 2 fully saturated rings. The second-order valence-electron chi connectivity index (χ2n) is 6.90. The van der Waals surface area contributed by atoms with Crippen LogP contribution < -0.4 is 5.32 Å². The van der Waals surface area contributed by atoms with E-state index in [1.54, 1.807) is 18.2 Å². The molecule has 1 aromatic heterocycles. The number of nitrogens with one attached hydrogen (secondary N) is 2. The predicted molar refractivity (Wildman–Crippen MR) is 89.3 cm³/mol. The average Bonchev–Trinajstić information content (AvgIpc) is 3.26. The first-order valence-corrected chi connectivity index (χ1v) is 8.62. The molecule has 128 valence electrons. The van der Waals surface area contributed by atoms with E-state index in [4.69, 9.17) is 0 Å². The highest BCUT2D eigenvalue weighted by atomic mass is 19.1. The van der Waals surface area contributed by atoms with E-state index in [2.05, 4.69) is 15.2 Å². The van der Waals surface area contributed by atoms with E-state index in [1.165, 1.54) is 6.07 Å². The minimum atomic E-state index is -0.326. The lowest BCUT2D eigenvalue weighted by Crippen LogP contribution is -2.48. The molecular formula is C18H22FN3O2. The summed E-state index contributed by atoms with van der Waals surface area (Å²) in [6.07, 6.45) is 3.61. The first kappa shape index (κ1) is 15.6. The van der Waals surface area contributed by atoms with E-state index in [0.717, 1.165) is 32.2 Å². The van der Waals surface area contributed by atoms with Crippen molar-refractivity contribution in [1.29, 1.82) is 0 Å². The molecule has 1 aliphatic carbocycles. The van der Waals surface area contributed by atoms with Crippen molar-refractivity contribution < 1.29 is 14.3 Å². The van der Waals surface area contributed by atoms with E-state index in [-0.39, 0.29) is 29.9 Å². The van der Waals surface area contributed by atoms with Gasteiger partial charge in [0, 0.05) is 36.1 Å². The Morgan fingerprint density at radius 2 is 2.21 bits per heavy atom. The minimum absolute atomic E-state index is 0.0825. The lowest BCUT2D eigenvalue weighted by molar-refractivity contribution is 0.0901. The Hall–Kier alpha value is -1.92. The molecule has 5 nitrogen and oxygen atoms in total. The molecule has 1 unspecified atom stereocenters. The number of aliphatic hydroxyl groups is 1. The van der Waals surface area contributed by atoms with Gasteiger partial charge in [0.15, 0.2) is 0 Å². The molecule has 1 saturated carbocycles. The molecule has 1 amide bonds. The number of aromatic amines is 1. The zero-order valence-electron chi connectivity index (χ0n) is 13.5. The molecule has 0 bridgehead atoms. The van der Waals surface area contributed by atoms with E-state index < -0.39 is 0 Å². The maximum Gasteiger partial charge on any atom is 0.268 e. The number of likely N-dealkylation sites (tertiary alicyclic amines) is 1. The van der Waals surface area contributed by atoms with Crippen molar-refractivity contribution in [1.82, 2.24) is 15.2 Å². The maximum atomic E-state index is 13.8. The smallest absolute Gasteiger partial charge is 0.268 e. The topological polar surface area (TPSA) is 68.4 Å². The molecule has 0 radical (unpaired) electrons. The first-order chi connectivity index (χ1) is 11.6. The van der Waals surface area contributed by atoms with Gasteiger partial charge in [0.25, 0.3) is 5.91 Å². The number of H-pyrrole nitrogens is 1. The van der Waals surface area contributed by atoms with Gasteiger partial charge in [-0.1, -0.05) is 6.07 Å². The fraction of sp³-hybridized carbons (Fsp3) is 0.500. The summed E-state index contributed by atoms with van der Waals surface area (Å²) in [4.78, 5) is 17.9. The van der Waals surface area contributed by atoms with Gasteiger partial charge in [0.05, 0.1) is 6.10 Å². The van der Waals surface area contributed by atoms with Crippen LogP contribution in [0.3, 0.4) is 0 Å². The highest BCUT2D eigenvalue weighted by molar-refractivity contribution is 5.98. The molecular weight excluding hydrogens is 309 g/mol. The zero-order valence-corrected chi connectivity index (χ0v) is 13.5. The normalized spacial score (nSPS) is 27.8. The Bertz CT molecular complexity index is 760. The quantitative estimate of drug-likeness (QED) is 0.806. The third-order valence-corrected chi connectivity index (χ3v) is 5.32. The van der Waals surface area contributed by atoms with Crippen molar-refractivity contribution in [3.8, 4) is 0 Å². The van der Waals surface area contributed by atoms with Crippen LogP contribution in [0.1, 0.15) is 36.2 Å². The van der Waals surface area contributed by atoms with Gasteiger partial charge in [0.1, 0.15) is 11.5 Å². The number of carbonyl (C=O) groups is 1. The molecule has 1 aliphatic heterocycles. The van der Waals surface area contributed by atoms with Crippen LogP contribution in [0.25, 0.3) is 10.9 Å². The van der Waals surface area contributed by atoms with Crippen molar-refractivity contribution in [2.24, 2.45) is 0 Å². The summed E-state index contributed by atoms with van der Waals surface area (Å²) in [6.45, 7) is 1.57. The lowest BCUT2D eigenvalue weighted by Gasteiger charge is -2.29. The highest BCUT2D eigenvalue weighted by Gasteiger charge is 2.36. The van der Waals surface area contributed by atoms with Crippen LogP contribution in [0.5, 0.6) is 0 Å². The molecule has 2 aromatic rings. The molecule has 24 heavy (non-hydrogen) atoms. The molecule has 2 heterocycles. The van der Waals surface area contributed by atoms with Gasteiger partial charge in [-0.05, 0) is 43.9 Å². The number of rotatable bonds is 3. The van der Waals surface area contributed by atoms with Crippen molar-refractivity contribution in [3.63, 3.8) is 0 Å². The first-order valence-electron chi connectivity index (χ1n) is 8.62. The summed E-state index contributed by atoms with van der Waals surface area (Å²) >= 11 is 0. The number of aliphatic hydroxyl groups excluding tert-OH is 1. The van der Waals surface area contributed by atoms with Gasteiger partial charge in [0.2, 0.25) is 0 Å². The Balaban J connectivity index is 1.49. The van der Waals surface area contributed by atoms with Crippen molar-refractivity contribution in [2.75, 3.05) is 13.1 Å². The van der Waals surface area contributed by atoms with Gasteiger partial charge in [-0.3, -0.25) is 9.69 Å². The summed E-state index contributed by atoms with van der Waals surface area (Å²) in [5.74, 6) is -0.519. The highest BCUT2D eigenvalue weighted by Crippen LogP contribution is 2.28. The SMILES string of the molecule is O=C(N[C@@H]1CCC[C@@H]1N1CCC(O)C1)c1cc2c(F)cccc2[nH]1. The van der Waals surface area contributed by atoms with Crippen LogP contribution >= 0.6 is 0 Å². The number of aromatic nitrogens is 1. The van der Waals surface area contributed by atoms with Crippen LogP contribution in [0.2, 0.25) is 0 Å². The third-order valence-electron chi connectivity index (χ3n) is 5.32. The molecule has 6 heteroatoms. The lowest BCUT2D eigenvalue weighted by atomic mass is 10.1. The maximum absolute atomic E-state index is 13.8. The van der Waals surface area contributed by atoms with Crippen molar-refractivity contribution in [2.45, 2.75) is 43.9 Å². The van der Waals surface area contributed by atoms with Gasteiger partial charge < -0.3 is 15.4 Å². The van der Waals surface area contributed by atoms with Crippen LogP contribution in [0, 0.1) is 5.82 Å². The number of amides is 1. The van der Waals surface area contributed by atoms with Crippen molar-refractivity contribution in [3.05, 3.63) is 35.8 Å². The Kier molecular flexibility index (Phi) is 4.02. The molecule has 3 atom stereocenters. The molecule has 3 N–H and O–H groups in total. The Morgan fingerprint density at radius 1 is 1.33 bits per heavy atom. The number of fused-ring (bicyclic) bond motifs is 1. The minimum Gasteiger partial charge on any atom is -0.392 e. The number of β-amino-alcohol motifs (C(OH)–C–C–N with tert-alkyl or cyclic N) is 1. The van der Waals surface area contributed by atoms with E-state index in [1.807, 2.05) is 0 Å². The second kappa shape index (κ2) is 6.18. The molecule has 1 saturated heterocycles. The predicted octanol–water partition coefficient (Wildman–Crippen LogP) is 2.02. The number of nitrogens with zero attached hydrogens (tertiary/aromatic N) is 1. The average molecular weight is 331 g/mol. The fourth-order valence-corrected chi connectivity index (χ4v) is 4.10. The van der Waals surface area contributed by atoms with Gasteiger partial charge in [-0.25, -0.2) is 4.39 Å². The summed E-state index contributed by atoms with van der Waals surface area (Å²) in [7, 11) is 0. The molecule has 0 spiro atoms. The molecule has 2 aliphatic rings. The summed E-state index contributed by atoms with van der Waals surface area (Å²) in [5.41, 5.74) is 1.02. The second-order valence-corrected chi connectivity index (χ2v) is 6.90. The van der Waals surface area contributed by atoms with Gasteiger partial charge in [-0.2, -0.15) is 0 Å². The Labute approximate surface area is 139 Å². The van der Waals surface area contributed by atoms with Crippen LogP contribution in [-0.2, 0) is 0 Å². The summed E-state index contributed by atoms with van der Waals surface area (Å²) in [6, 6.07) is 6.72. The molecule has 1 aromatic carbocycles. The van der Waals surface area contributed by atoms with Crippen LogP contribution in [-0.4, -0.2) is 52.2 Å². The van der Waals surface area contributed by atoms with Gasteiger partial charge >= 0.3 is 0 Å². The van der Waals surface area contributed by atoms with E-state index >= 15 is 0 Å². The fourth-order valence-electron chi connectivity index (χ4n) is 4.10. The number of benzene rings is 1. The van der Waals surface area contributed by atoms with Crippen LogP contribution in [0.4, 0.5) is 4.39 Å². The van der Waals surface area contributed by atoms with E-state index in [9.17, 15) is 14.3 Å². The molecule has 4 rings (SSSR count).